The van der Waals surface area contributed by atoms with Gasteiger partial charge in [-0.3, -0.25) is 80.2 Å². The zero-order chi connectivity index (χ0) is 106. The number of nitrogens with two attached hydrogens (primary N) is 4. The van der Waals surface area contributed by atoms with E-state index >= 15 is 28.4 Å². The first-order valence-corrected chi connectivity index (χ1v) is 55.3. The zero-order valence-electron chi connectivity index (χ0n) is 79.1. The van der Waals surface area contributed by atoms with Crippen LogP contribution < -0.4 is 81.8 Å². The molecule has 28 atom stereocenters. The first-order valence-electron chi connectivity index (χ1n) is 44.7. The van der Waals surface area contributed by atoms with Crippen molar-refractivity contribution in [3.63, 3.8) is 0 Å². The fourth-order valence-corrected chi connectivity index (χ4v) is 23.0. The first-order chi connectivity index (χ1) is 70.0. The fourth-order valence-electron chi connectivity index (χ4n) is 16.8. The molecule has 6 aliphatic rings. The summed E-state index contributed by atoms with van der Waals surface area (Å²) in [7, 11) is -5.89. The lowest BCUT2D eigenvalue weighted by Crippen LogP contribution is -2.42. The van der Waals surface area contributed by atoms with Gasteiger partial charge in [-0.1, -0.05) is 30.5 Å². The average Bonchev–Trinajstić information content (AvgIpc) is 1.60. The normalized spacial score (nSPS) is 29.0. The molecule has 812 valence electrons. The molecule has 11 unspecified atom stereocenters. The molecule has 0 radical (unpaired) electrons. The highest BCUT2D eigenvalue weighted by atomic mass is 32.7. The fraction of sp³-hybridized carbons (Fsp3) is 0.645. The quantitative estimate of drug-likeness (QED) is 0.00981. The van der Waals surface area contributed by atoms with Crippen molar-refractivity contribution in [2.75, 3.05) is 158 Å². The van der Waals surface area contributed by atoms with Crippen LogP contribution in [0.5, 0.6) is 0 Å². The second-order valence-corrected chi connectivity index (χ2v) is 44.3. The van der Waals surface area contributed by atoms with Gasteiger partial charge in [0.15, 0.2) is 71.7 Å². The number of rotatable bonds is 52. The minimum absolute atomic E-state index is 0.00925. The van der Waals surface area contributed by atoms with Gasteiger partial charge in [0.25, 0.3) is 37.9 Å². The third-order valence-electron chi connectivity index (χ3n) is 23.7. The van der Waals surface area contributed by atoms with Gasteiger partial charge in [-0.15, -0.1) is 0 Å². The lowest BCUT2D eigenvalue weighted by molar-refractivity contribution is -0.241. The Hall–Kier alpha value is -8.21. The van der Waals surface area contributed by atoms with E-state index < -0.39 is 281 Å². The van der Waals surface area contributed by atoms with Gasteiger partial charge in [0.2, 0.25) is 11.9 Å². The Kier molecular flexibility index (Phi) is 37.2. The molecule has 6 saturated heterocycles. The third-order valence-corrected chi connectivity index (χ3v) is 30.3. The molecule has 0 aromatic carbocycles. The molecule has 0 bridgehead atoms. The third kappa shape index (κ3) is 26.3. The van der Waals surface area contributed by atoms with Gasteiger partial charge >= 0.3 is 17.1 Å². The highest BCUT2D eigenvalue weighted by molar-refractivity contribution is 8.32. The summed E-state index contributed by atoms with van der Waals surface area (Å²) in [5.41, 5.74) is 16.9. The molecule has 147 heavy (non-hydrogen) atoms. The molecule has 15 rings (SSSR count). The Morgan fingerprint density at radius 1 is 0.415 bits per heavy atom. The van der Waals surface area contributed by atoms with Crippen molar-refractivity contribution >= 4 is 129 Å². The average molecular weight is 2230 g/mol. The molecule has 0 spiro atoms. The van der Waals surface area contributed by atoms with Gasteiger partial charge in [-0.05, 0) is 27.2 Å². The molecular weight excluding hydrogens is 2130 g/mol. The van der Waals surface area contributed by atoms with Crippen molar-refractivity contribution in [1.82, 2.24) is 87.2 Å². The van der Waals surface area contributed by atoms with Crippen molar-refractivity contribution in [3.05, 3.63) is 133 Å². The topological polar surface area (TPSA) is 823 Å². The highest BCUT2D eigenvalue weighted by Gasteiger charge is 2.57. The number of hydrogen-bond acceptors (Lipinski definition) is 56. The van der Waals surface area contributed by atoms with E-state index in [-0.39, 0.29) is 110 Å². The molecule has 9 aromatic heterocycles. The lowest BCUT2D eigenvalue weighted by atomic mass is 10.1. The van der Waals surface area contributed by atoms with Gasteiger partial charge in [0, 0.05) is 77.3 Å². The number of imidazole rings is 3. The summed E-state index contributed by atoms with van der Waals surface area (Å²) in [5, 5.41) is 11.8. The van der Waals surface area contributed by atoms with E-state index in [1.165, 1.54) is 68.2 Å². The molecule has 15 heterocycles. The van der Waals surface area contributed by atoms with E-state index in [4.69, 9.17) is 180 Å². The number of aromatic amines is 4. The Morgan fingerprint density at radius 3 is 1.25 bits per heavy atom. The second-order valence-electron chi connectivity index (χ2n) is 33.5. The zero-order valence-corrected chi connectivity index (χ0v) is 86.1. The van der Waals surface area contributed by atoms with Gasteiger partial charge < -0.3 is 181 Å². The van der Waals surface area contributed by atoms with Crippen molar-refractivity contribution in [2.24, 2.45) is 0 Å². The Bertz CT molecular complexity index is 6840. The molecule has 6 aliphatic heterocycles. The maximum absolute atomic E-state index is 15.6. The van der Waals surface area contributed by atoms with E-state index in [0.717, 1.165) is 47.9 Å². The van der Waals surface area contributed by atoms with Gasteiger partial charge in [0.05, 0.1) is 130 Å². The molecule has 71 heteroatoms. The summed E-state index contributed by atoms with van der Waals surface area (Å²) in [5.74, 6) is -0.922. The lowest BCUT2D eigenvalue weighted by Gasteiger charge is -2.36. The number of aromatic nitrogens is 18. The maximum Gasteiger partial charge on any atom is 0.351 e. The predicted octanol–water partition coefficient (Wildman–Crippen LogP) is -4.82. The van der Waals surface area contributed by atoms with Crippen molar-refractivity contribution in [1.29, 1.82) is 0 Å². The summed E-state index contributed by atoms with van der Waals surface area (Å²) in [6.45, 7) is -17.8. The molecule has 6 fully saturated rings. The standard InChI is InChI=1S/C76H109N22O41P5S3/c1-10-37-38(21-44(129-37)96-31-83-45-59(78)81-30-82-60(45)96)135-142(111,145)127-28-42-50(54(120-17-12-115-6)68(132-42)94-23-35(3)63(100)91-75(94)105)137-140(107,108)124-26-40-49(55(121-18-13-116-7)70(133-40)97-32-84-46-61(97)87-72(79)89-65(46)102)136-141(109,110)125-27-41-51(56(122-19-14-117-8)69(131-41)95-24-36(4)64(101)92-76(95)106)138-144(113,147)128-29-43-52(57(123-20-15-118-9)71(134-43)98-33-85-47-62(98)88-73(80)90-66(47)103)139-143(112,146)126-25-39-48(99)53(119-16-11-114-5)67(130-39)93-22-34(2)58(77)86-74(93)104/h22-24,30-33,37-44,48-57,67-71,99H,10-21,25-29H2,1-9H3,(H,107,108)(H,109,110)(H,111,145)(H,112,146)(H,113,147)(H2,77,86,104)(H2,78,81,82)(H,91,100,105)(H,92,101,106)(H3,79,87,89,102)(H3,80,88,90,103)/p-5/t37-,38?,39-,40-,41-,42-,43-,44-,48?,49?,50?,51?,52?,53+,54+,55+,56+,57+,67-,68-,69-,70-,71-,142?,143?,144?/m1/s1. The summed E-state index contributed by atoms with van der Waals surface area (Å²) in [6.07, 6.45) is -30.8. The molecule has 0 aliphatic carbocycles. The number of nitrogens with zero attached hydrogens (tertiary/aromatic N) is 14. The first kappa shape index (κ1) is 113. The minimum atomic E-state index is -6.28. The molecule has 13 N–H and O–H groups in total. The van der Waals surface area contributed by atoms with Crippen LogP contribution in [-0.4, -0.2) is 331 Å². The van der Waals surface area contributed by atoms with Crippen molar-refractivity contribution in [2.45, 2.75) is 182 Å². The molecule has 63 nitrogen and oxygen atoms in total. The summed E-state index contributed by atoms with van der Waals surface area (Å²) in [4.78, 5) is 196. The number of H-pyrrole nitrogens is 4. The van der Waals surface area contributed by atoms with E-state index in [9.17, 15) is 43.6 Å². The van der Waals surface area contributed by atoms with Gasteiger partial charge in [-0.25, -0.2) is 39.3 Å². The SMILES string of the molecule is CC[C@H]1O[C@@H](n2cnc3c(N)ncnc32)CC1OP([O-])(=S)OC[C@H]1O[C@@H](n2cc(C)c(=O)[nH]c2=O)[C@@H](OCCOC)C1OP(=O)([O-])OC[C@H]1O[C@@H](n2cnc3c(=O)[nH]c(N)nc32)[C@@H](OCCOC)C1OP(=O)([O-])OC[C@H]1O[C@@H](n2cc(C)c(=O)[nH]c2=O)[C@@H](OCCOC)C1OP(=O)([S-])OC[C@H]1O[C@@H](n2cnc3c(=O)[nH]c(N)nc32)[C@@H](OCCOC)C1OP([O-])(=S)OC[C@H]1O[C@@H](n2cc(C)c(N)nc2=O)[C@@H](OCCOC)C1O. The van der Waals surface area contributed by atoms with Crippen LogP contribution in [0.3, 0.4) is 0 Å². The van der Waals surface area contributed by atoms with Crippen LogP contribution in [0.4, 0.5) is 23.5 Å². The van der Waals surface area contributed by atoms with Crippen LogP contribution >= 0.6 is 35.9 Å². The number of nitrogens with one attached hydrogen (secondary N) is 4. The number of aryl methyl sites for hydroxylation is 3. The summed E-state index contributed by atoms with van der Waals surface area (Å²) < 4.78 is 207. The predicted molar refractivity (Wildman–Crippen MR) is 500 cm³/mol. The van der Waals surface area contributed by atoms with Gasteiger partial charge in [0.1, 0.15) is 129 Å². The number of methoxy groups -OCH3 is 5. The number of ether oxygens (including phenoxy) is 16. The van der Waals surface area contributed by atoms with Crippen molar-refractivity contribution < 1.29 is 159 Å². The van der Waals surface area contributed by atoms with Gasteiger partial charge in [-0.2, -0.15) is 15.0 Å². The maximum atomic E-state index is 15.6. The Labute approximate surface area is 843 Å². The van der Waals surface area contributed by atoms with E-state index in [2.05, 4.69) is 59.8 Å². The number of hydrogen-bond donors (Lipinski definition) is 9. The van der Waals surface area contributed by atoms with E-state index in [0.29, 0.717) is 11.2 Å². The number of phosphoric ester groups is 2. The summed E-state index contributed by atoms with van der Waals surface area (Å²) >= 11 is 16.7. The number of anilines is 4. The second kappa shape index (κ2) is 48.4. The van der Waals surface area contributed by atoms with Crippen LogP contribution in [-0.2, 0) is 171 Å². The van der Waals surface area contributed by atoms with Crippen LogP contribution in [0.1, 0.15) is 73.8 Å². The number of nitrogen functional groups attached to an aromatic ring is 4. The molecule has 0 saturated carbocycles. The number of phosphoric acid groups is 2. The smallest absolute Gasteiger partial charge is 0.351 e. The molecule has 0 amide bonds. The number of fused-ring (bicyclic) bond motifs is 3. The number of aliphatic hydroxyl groups excluding tert-OH is 1. The van der Waals surface area contributed by atoms with Crippen LogP contribution in [0, 0.1) is 20.8 Å². The Morgan fingerprint density at radius 2 is 0.796 bits per heavy atom. The monoisotopic (exact) mass is 2230 g/mol. The highest BCUT2D eigenvalue weighted by Crippen LogP contribution is 2.57. The van der Waals surface area contributed by atoms with Crippen LogP contribution in [0.2, 0.25) is 0 Å². The van der Waals surface area contributed by atoms with E-state index in [1.54, 1.807) is 18.4 Å². The van der Waals surface area contributed by atoms with Crippen LogP contribution in [0.15, 0.2) is 77.5 Å². The molecule has 9 aromatic rings. The number of aliphatic hydroxyl groups is 1. The minimum Gasteiger partial charge on any atom is -0.780 e. The largest absolute Gasteiger partial charge is 0.780 e. The molecular formula is C76H104N22O41P5S3-5. The van der Waals surface area contributed by atoms with E-state index in [1.807, 2.05) is 0 Å². The van der Waals surface area contributed by atoms with Crippen LogP contribution in [0.25, 0.3) is 33.5 Å². The Balaban J connectivity index is 0.726. The summed E-state index contributed by atoms with van der Waals surface area (Å²) in [6, 6.07) is 0. The van der Waals surface area contributed by atoms with Crippen molar-refractivity contribution in [3.8, 4) is 0 Å².